The van der Waals surface area contributed by atoms with Crippen LogP contribution < -0.4 is 0 Å². The van der Waals surface area contributed by atoms with Gasteiger partial charge in [-0.05, 0) is 48.2 Å². The minimum absolute atomic E-state index is 0.102. The number of aromatic nitrogens is 1. The molecule has 2 aromatic carbocycles. The SMILES string of the molecule is CC(C)OC(=O)C[C@@H]1CN(Cc2ccncc2)CCN1Cc1ccc(-c2ccc(C(O)(C(F)(F)F)C(F)(F)F)cc2)cc1. The van der Waals surface area contributed by atoms with E-state index in [4.69, 9.17) is 4.74 Å². The first-order valence-electron chi connectivity index (χ1n) is 13.8. The van der Waals surface area contributed by atoms with Crippen molar-refractivity contribution >= 4 is 5.97 Å². The van der Waals surface area contributed by atoms with Gasteiger partial charge < -0.3 is 9.84 Å². The molecule has 1 atom stereocenters. The molecule has 232 valence electrons. The van der Waals surface area contributed by atoms with Crippen molar-refractivity contribution < 1.29 is 41.0 Å². The Hall–Kier alpha value is -3.48. The lowest BCUT2D eigenvalue weighted by Crippen LogP contribution is -2.53. The summed E-state index contributed by atoms with van der Waals surface area (Å²) in [5.41, 5.74) is -3.26. The number of nitrogens with zero attached hydrogens (tertiary/aromatic N) is 3. The summed E-state index contributed by atoms with van der Waals surface area (Å²) in [6.07, 6.45) is -8.41. The fraction of sp³-hybridized carbons (Fsp3) is 0.419. The van der Waals surface area contributed by atoms with Gasteiger partial charge >= 0.3 is 18.3 Å². The molecule has 0 radical (unpaired) electrons. The van der Waals surface area contributed by atoms with Crippen LogP contribution in [0.15, 0.2) is 73.1 Å². The molecular formula is C31H33F6N3O3. The molecule has 1 aliphatic heterocycles. The smallest absolute Gasteiger partial charge is 0.430 e. The highest BCUT2D eigenvalue weighted by molar-refractivity contribution is 5.70. The van der Waals surface area contributed by atoms with Gasteiger partial charge in [0.15, 0.2) is 0 Å². The molecule has 1 saturated heterocycles. The molecule has 0 amide bonds. The lowest BCUT2D eigenvalue weighted by Gasteiger charge is -2.41. The standard InChI is InChI=1S/C31H33F6N3O3/c1-21(2)43-28(41)17-27-20-39(18-23-11-13-38-14-12-23)15-16-40(27)19-22-3-5-24(6-4-22)25-7-9-26(10-8-25)29(42,30(32,33)34)31(35,36)37/h3-14,21,27,42H,15-20H2,1-2H3/t27-/m1/s1. The Morgan fingerprint density at radius 3 is 1.93 bits per heavy atom. The Kier molecular flexibility index (Phi) is 9.83. The van der Waals surface area contributed by atoms with E-state index < -0.39 is 23.5 Å². The molecule has 4 rings (SSSR count). The molecule has 0 aliphatic carbocycles. The topological polar surface area (TPSA) is 65.9 Å². The van der Waals surface area contributed by atoms with Crippen molar-refractivity contribution in [2.24, 2.45) is 0 Å². The summed E-state index contributed by atoms with van der Waals surface area (Å²) in [6.45, 7) is 7.00. The molecular weight excluding hydrogens is 576 g/mol. The molecule has 0 spiro atoms. The van der Waals surface area contributed by atoms with Gasteiger partial charge in [-0.25, -0.2) is 0 Å². The number of carbonyl (C=O) groups excluding carboxylic acids is 1. The Morgan fingerprint density at radius 2 is 1.40 bits per heavy atom. The quantitative estimate of drug-likeness (QED) is 0.234. The van der Waals surface area contributed by atoms with Crippen molar-refractivity contribution in [2.45, 2.75) is 63.5 Å². The number of aliphatic hydroxyl groups is 1. The van der Waals surface area contributed by atoms with Gasteiger partial charge in [0.05, 0.1) is 12.5 Å². The van der Waals surface area contributed by atoms with Crippen LogP contribution in [0.2, 0.25) is 0 Å². The van der Waals surface area contributed by atoms with E-state index in [-0.39, 0.29) is 24.5 Å². The number of benzene rings is 2. The molecule has 12 heteroatoms. The average Bonchev–Trinajstić information content (AvgIpc) is 2.93. The van der Waals surface area contributed by atoms with E-state index >= 15 is 0 Å². The third kappa shape index (κ3) is 7.73. The average molecular weight is 610 g/mol. The normalized spacial score (nSPS) is 17.3. The predicted octanol–water partition coefficient (Wildman–Crippen LogP) is 6.09. The summed E-state index contributed by atoms with van der Waals surface area (Å²) in [5, 5.41) is 9.63. The summed E-state index contributed by atoms with van der Waals surface area (Å²) in [4.78, 5) is 21.1. The van der Waals surface area contributed by atoms with Crippen LogP contribution >= 0.6 is 0 Å². The van der Waals surface area contributed by atoms with E-state index in [1.165, 1.54) is 0 Å². The highest BCUT2D eigenvalue weighted by atomic mass is 19.4. The molecule has 0 bridgehead atoms. The van der Waals surface area contributed by atoms with Gasteiger partial charge in [-0.1, -0.05) is 48.5 Å². The van der Waals surface area contributed by atoms with Gasteiger partial charge in [-0.3, -0.25) is 19.6 Å². The number of hydrogen-bond donors (Lipinski definition) is 1. The number of carbonyl (C=O) groups is 1. The Labute approximate surface area is 245 Å². The number of alkyl halides is 6. The van der Waals surface area contributed by atoms with Gasteiger partial charge in [0.1, 0.15) is 0 Å². The van der Waals surface area contributed by atoms with E-state index in [2.05, 4.69) is 14.8 Å². The summed E-state index contributed by atoms with van der Waals surface area (Å²) in [5.74, 6) is -0.280. The van der Waals surface area contributed by atoms with Gasteiger partial charge in [0, 0.05) is 56.7 Å². The van der Waals surface area contributed by atoms with Crippen LogP contribution in [0.4, 0.5) is 26.3 Å². The number of ether oxygens (including phenoxy) is 1. The van der Waals surface area contributed by atoms with E-state index in [1.54, 1.807) is 38.4 Å². The van der Waals surface area contributed by atoms with Crippen LogP contribution in [0, 0.1) is 0 Å². The molecule has 3 aromatic rings. The Bertz CT molecular complexity index is 1330. The van der Waals surface area contributed by atoms with Crippen LogP contribution in [-0.2, 0) is 28.2 Å². The van der Waals surface area contributed by atoms with Crippen molar-refractivity contribution in [1.82, 2.24) is 14.8 Å². The van der Waals surface area contributed by atoms with Gasteiger partial charge in [-0.15, -0.1) is 0 Å². The third-order valence-corrected chi connectivity index (χ3v) is 7.41. The van der Waals surface area contributed by atoms with E-state index in [1.807, 2.05) is 24.3 Å². The first kappa shape index (κ1) is 32.4. The zero-order chi connectivity index (χ0) is 31.4. The summed E-state index contributed by atoms with van der Waals surface area (Å²) < 4.78 is 84.7. The van der Waals surface area contributed by atoms with Gasteiger partial charge in [0.25, 0.3) is 5.60 Å². The van der Waals surface area contributed by atoms with Crippen molar-refractivity contribution in [3.8, 4) is 11.1 Å². The summed E-state index contributed by atoms with van der Waals surface area (Å²) in [6, 6.07) is 14.4. The summed E-state index contributed by atoms with van der Waals surface area (Å²) in [7, 11) is 0. The molecule has 43 heavy (non-hydrogen) atoms. The lowest BCUT2D eigenvalue weighted by molar-refractivity contribution is -0.376. The minimum atomic E-state index is -5.94. The van der Waals surface area contributed by atoms with E-state index in [0.717, 1.165) is 36.3 Å². The van der Waals surface area contributed by atoms with Gasteiger partial charge in [-0.2, -0.15) is 26.3 Å². The molecule has 1 N–H and O–H groups in total. The minimum Gasteiger partial charge on any atom is -0.463 e. The first-order valence-corrected chi connectivity index (χ1v) is 13.8. The highest BCUT2D eigenvalue weighted by Crippen LogP contribution is 2.50. The van der Waals surface area contributed by atoms with Crippen LogP contribution in [0.1, 0.15) is 37.0 Å². The third-order valence-electron chi connectivity index (χ3n) is 7.41. The van der Waals surface area contributed by atoms with Crippen molar-refractivity contribution in [1.29, 1.82) is 0 Å². The summed E-state index contributed by atoms with van der Waals surface area (Å²) >= 11 is 0. The maximum Gasteiger partial charge on any atom is 0.430 e. The zero-order valence-corrected chi connectivity index (χ0v) is 23.7. The van der Waals surface area contributed by atoms with Crippen LogP contribution in [-0.4, -0.2) is 70.0 Å². The van der Waals surface area contributed by atoms with Crippen LogP contribution in [0.3, 0.4) is 0 Å². The van der Waals surface area contributed by atoms with Crippen molar-refractivity contribution in [3.63, 3.8) is 0 Å². The predicted molar refractivity (Wildman–Crippen MR) is 147 cm³/mol. The van der Waals surface area contributed by atoms with Gasteiger partial charge in [0.2, 0.25) is 0 Å². The number of esters is 1. The Balaban J connectivity index is 1.47. The molecule has 1 aromatic heterocycles. The number of piperazine rings is 1. The maximum atomic E-state index is 13.2. The monoisotopic (exact) mass is 609 g/mol. The van der Waals surface area contributed by atoms with E-state index in [0.29, 0.717) is 42.9 Å². The maximum absolute atomic E-state index is 13.2. The number of pyridine rings is 1. The van der Waals surface area contributed by atoms with Crippen molar-refractivity contribution in [3.05, 3.63) is 89.7 Å². The fourth-order valence-electron chi connectivity index (χ4n) is 5.18. The fourth-order valence-corrected chi connectivity index (χ4v) is 5.18. The molecule has 1 fully saturated rings. The lowest BCUT2D eigenvalue weighted by atomic mass is 9.90. The zero-order valence-electron chi connectivity index (χ0n) is 23.7. The van der Waals surface area contributed by atoms with E-state index in [9.17, 15) is 36.2 Å². The molecule has 0 saturated carbocycles. The second-order valence-corrected chi connectivity index (χ2v) is 10.9. The molecule has 1 aliphatic rings. The number of halogens is 6. The second kappa shape index (κ2) is 13.0. The first-order chi connectivity index (χ1) is 20.2. The van der Waals surface area contributed by atoms with Crippen molar-refractivity contribution in [2.75, 3.05) is 19.6 Å². The molecule has 2 heterocycles. The molecule has 0 unspecified atom stereocenters. The number of rotatable bonds is 9. The van der Waals surface area contributed by atoms with Crippen LogP contribution in [0.25, 0.3) is 11.1 Å². The highest BCUT2D eigenvalue weighted by Gasteiger charge is 2.71. The van der Waals surface area contributed by atoms with Crippen LogP contribution in [0.5, 0.6) is 0 Å². The largest absolute Gasteiger partial charge is 0.463 e. The molecule has 6 nitrogen and oxygen atoms in total. The number of hydrogen-bond acceptors (Lipinski definition) is 6. The Morgan fingerprint density at radius 1 is 0.860 bits per heavy atom. The second-order valence-electron chi connectivity index (χ2n) is 10.9.